The maximum absolute atomic E-state index is 12.2. The Bertz CT molecular complexity index is 629. The monoisotopic (exact) mass is 324 g/mol. The second-order valence-electron chi connectivity index (χ2n) is 5.55. The molecule has 0 spiro atoms. The highest BCUT2D eigenvalue weighted by Crippen LogP contribution is 2.32. The van der Waals surface area contributed by atoms with Crippen molar-refractivity contribution in [1.29, 1.82) is 0 Å². The molecule has 1 aliphatic rings. The van der Waals surface area contributed by atoms with Crippen LogP contribution in [0.2, 0.25) is 0 Å². The predicted molar refractivity (Wildman–Crippen MR) is 81.3 cm³/mol. The summed E-state index contributed by atoms with van der Waals surface area (Å²) in [5, 5.41) is 0. The summed E-state index contributed by atoms with van der Waals surface area (Å²) in [6.45, 7) is 1.97. The number of esters is 1. The van der Waals surface area contributed by atoms with Gasteiger partial charge in [0.25, 0.3) is 0 Å². The Morgan fingerprint density at radius 1 is 1.32 bits per heavy atom. The van der Waals surface area contributed by atoms with Gasteiger partial charge in [-0.05, 0) is 43.4 Å². The number of carbonyl (C=O) groups excluding carboxylic acids is 2. The van der Waals surface area contributed by atoms with E-state index in [1.165, 1.54) is 12.1 Å². The summed E-state index contributed by atoms with van der Waals surface area (Å²) in [7, 11) is -3.26. The molecule has 6 heteroatoms. The van der Waals surface area contributed by atoms with Gasteiger partial charge in [0.05, 0.1) is 29.6 Å². The Morgan fingerprint density at radius 2 is 1.95 bits per heavy atom. The molecule has 0 aromatic heterocycles. The maximum Gasteiger partial charge on any atom is 0.306 e. The van der Waals surface area contributed by atoms with Crippen molar-refractivity contribution in [3.05, 3.63) is 29.8 Å². The average molecular weight is 324 g/mol. The molecule has 0 heterocycles. The number of hydrogen-bond acceptors (Lipinski definition) is 5. The first-order valence-electron chi connectivity index (χ1n) is 7.40. The third-order valence-electron chi connectivity index (χ3n) is 3.68. The molecule has 0 aliphatic heterocycles. The molecule has 5 nitrogen and oxygen atoms in total. The molecular weight excluding hydrogens is 304 g/mol. The lowest BCUT2D eigenvalue weighted by molar-refractivity contribution is -0.144. The van der Waals surface area contributed by atoms with Crippen LogP contribution in [0.5, 0.6) is 0 Å². The molecule has 1 aromatic carbocycles. The van der Waals surface area contributed by atoms with Gasteiger partial charge in [0.2, 0.25) is 0 Å². The minimum atomic E-state index is -3.26. The van der Waals surface area contributed by atoms with Crippen molar-refractivity contribution >= 4 is 22.1 Å². The van der Waals surface area contributed by atoms with Crippen molar-refractivity contribution < 1.29 is 22.7 Å². The fourth-order valence-electron chi connectivity index (χ4n) is 2.26. The molecule has 2 rings (SSSR count). The lowest BCUT2D eigenvalue weighted by atomic mass is 9.97. The van der Waals surface area contributed by atoms with E-state index in [1.807, 2.05) is 0 Å². The van der Waals surface area contributed by atoms with Gasteiger partial charge < -0.3 is 9.53 Å². The van der Waals surface area contributed by atoms with Gasteiger partial charge in [-0.15, -0.1) is 0 Å². The van der Waals surface area contributed by atoms with E-state index in [9.17, 15) is 18.0 Å². The third kappa shape index (κ3) is 4.40. The lowest BCUT2D eigenvalue weighted by Crippen LogP contribution is -2.12. The van der Waals surface area contributed by atoms with E-state index >= 15 is 0 Å². The topological polar surface area (TPSA) is 77.5 Å². The number of ether oxygens (including phenoxy) is 1. The summed E-state index contributed by atoms with van der Waals surface area (Å²) in [6, 6.07) is 6.21. The number of aldehydes is 1. The molecule has 0 saturated heterocycles. The van der Waals surface area contributed by atoms with E-state index in [1.54, 1.807) is 19.1 Å². The van der Waals surface area contributed by atoms with Crippen LogP contribution >= 0.6 is 0 Å². The van der Waals surface area contributed by atoms with Crippen LogP contribution in [0.4, 0.5) is 0 Å². The zero-order valence-corrected chi connectivity index (χ0v) is 13.3. The smallest absolute Gasteiger partial charge is 0.306 e. The normalized spacial score (nSPS) is 16.0. The van der Waals surface area contributed by atoms with E-state index in [-0.39, 0.29) is 29.6 Å². The Kier molecular flexibility index (Phi) is 5.34. The highest BCUT2D eigenvalue weighted by molar-refractivity contribution is 7.91. The second kappa shape index (κ2) is 7.05. The van der Waals surface area contributed by atoms with Gasteiger partial charge in [0, 0.05) is 0 Å². The van der Waals surface area contributed by atoms with E-state index in [2.05, 4.69) is 0 Å². The first-order chi connectivity index (χ1) is 10.5. The maximum atomic E-state index is 12.2. The Balaban J connectivity index is 2.09. The van der Waals surface area contributed by atoms with E-state index < -0.39 is 21.7 Å². The highest BCUT2D eigenvalue weighted by Gasteiger charge is 2.29. The van der Waals surface area contributed by atoms with Crippen molar-refractivity contribution in [3.63, 3.8) is 0 Å². The van der Waals surface area contributed by atoms with Gasteiger partial charge >= 0.3 is 5.97 Å². The standard InChI is InChI=1S/C16H20O5S/c1-2-21-16(18)9-14(10-17)13-5-7-15(8-6-13)22(19,20)11-12-3-4-12/h5-8,10,12,14H,2-4,9,11H2,1H3. The summed E-state index contributed by atoms with van der Waals surface area (Å²) in [6.07, 6.45) is 2.60. The van der Waals surface area contributed by atoms with Gasteiger partial charge in [0.15, 0.2) is 9.84 Å². The number of rotatable bonds is 8. The molecule has 1 fully saturated rings. The van der Waals surface area contributed by atoms with Crippen molar-refractivity contribution in [2.75, 3.05) is 12.4 Å². The Morgan fingerprint density at radius 3 is 2.45 bits per heavy atom. The van der Waals surface area contributed by atoms with Crippen LogP contribution in [0.1, 0.15) is 37.7 Å². The summed E-state index contributed by atoms with van der Waals surface area (Å²) < 4.78 is 29.1. The molecular formula is C16H20O5S. The SMILES string of the molecule is CCOC(=O)CC(C=O)c1ccc(S(=O)(=O)CC2CC2)cc1. The minimum absolute atomic E-state index is 0.0362. The summed E-state index contributed by atoms with van der Waals surface area (Å²) in [5.74, 6) is -0.577. The van der Waals surface area contributed by atoms with Crippen LogP contribution < -0.4 is 0 Å². The van der Waals surface area contributed by atoms with Gasteiger partial charge in [0.1, 0.15) is 6.29 Å². The molecule has 1 saturated carbocycles. The molecule has 120 valence electrons. The van der Waals surface area contributed by atoms with E-state index in [4.69, 9.17) is 4.74 Å². The molecule has 1 atom stereocenters. The van der Waals surface area contributed by atoms with Gasteiger partial charge in [-0.2, -0.15) is 0 Å². The molecule has 1 aliphatic carbocycles. The van der Waals surface area contributed by atoms with Gasteiger partial charge in [-0.1, -0.05) is 12.1 Å². The quantitative estimate of drug-likeness (QED) is 0.540. The largest absolute Gasteiger partial charge is 0.466 e. The van der Waals surface area contributed by atoms with Crippen LogP contribution in [0.15, 0.2) is 29.2 Å². The first-order valence-corrected chi connectivity index (χ1v) is 9.05. The molecule has 0 bridgehead atoms. The summed E-state index contributed by atoms with van der Waals surface area (Å²) >= 11 is 0. The second-order valence-corrected chi connectivity index (χ2v) is 7.58. The minimum Gasteiger partial charge on any atom is -0.466 e. The van der Waals surface area contributed by atoms with Crippen LogP contribution in [0, 0.1) is 5.92 Å². The highest BCUT2D eigenvalue weighted by atomic mass is 32.2. The van der Waals surface area contributed by atoms with Crippen molar-refractivity contribution in [1.82, 2.24) is 0 Å². The zero-order chi connectivity index (χ0) is 16.2. The van der Waals surface area contributed by atoms with E-state index in [0.29, 0.717) is 11.8 Å². The van der Waals surface area contributed by atoms with Gasteiger partial charge in [-0.25, -0.2) is 8.42 Å². The molecule has 22 heavy (non-hydrogen) atoms. The fourth-order valence-corrected chi connectivity index (χ4v) is 3.95. The van der Waals surface area contributed by atoms with Crippen LogP contribution in [0.3, 0.4) is 0 Å². The van der Waals surface area contributed by atoms with Gasteiger partial charge in [-0.3, -0.25) is 4.79 Å². The van der Waals surface area contributed by atoms with E-state index in [0.717, 1.165) is 12.8 Å². The molecule has 0 amide bonds. The number of hydrogen-bond donors (Lipinski definition) is 0. The van der Waals surface area contributed by atoms with Crippen LogP contribution in [-0.4, -0.2) is 33.0 Å². The number of sulfone groups is 1. The number of carbonyl (C=O) groups is 2. The summed E-state index contributed by atoms with van der Waals surface area (Å²) in [4.78, 5) is 22.9. The average Bonchev–Trinajstić information content (AvgIpc) is 3.28. The zero-order valence-electron chi connectivity index (χ0n) is 12.5. The summed E-state index contributed by atoms with van der Waals surface area (Å²) in [5.41, 5.74) is 0.619. The molecule has 0 radical (unpaired) electrons. The predicted octanol–water partition coefficient (Wildman–Crippen LogP) is 2.11. The third-order valence-corrected chi connectivity index (χ3v) is 5.58. The van der Waals surface area contributed by atoms with Crippen molar-refractivity contribution in [2.24, 2.45) is 5.92 Å². The molecule has 1 aromatic rings. The van der Waals surface area contributed by atoms with Crippen molar-refractivity contribution in [2.45, 2.75) is 37.0 Å². The Labute approximate surface area is 130 Å². The van der Waals surface area contributed by atoms with Crippen LogP contribution in [0.25, 0.3) is 0 Å². The number of benzene rings is 1. The Hall–Kier alpha value is -1.69. The molecule has 0 N–H and O–H groups in total. The lowest BCUT2D eigenvalue weighted by Gasteiger charge is -2.11. The first kappa shape index (κ1) is 16.7. The van der Waals surface area contributed by atoms with Crippen LogP contribution in [-0.2, 0) is 24.2 Å². The molecule has 1 unspecified atom stereocenters. The fraction of sp³-hybridized carbons (Fsp3) is 0.500. The van der Waals surface area contributed by atoms with Crippen molar-refractivity contribution in [3.8, 4) is 0 Å².